The van der Waals surface area contributed by atoms with Crippen LogP contribution in [-0.4, -0.2) is 23.2 Å². The van der Waals surface area contributed by atoms with Crippen LogP contribution in [0.25, 0.3) is 0 Å². The molecule has 2 saturated heterocycles. The van der Waals surface area contributed by atoms with Crippen LogP contribution in [0.15, 0.2) is 0 Å². The van der Waals surface area contributed by atoms with Gasteiger partial charge in [-0.3, -0.25) is 4.79 Å². The first-order chi connectivity index (χ1) is 4.77. The zero-order chi connectivity index (χ0) is 7.14. The molecule has 3 nitrogen and oxygen atoms in total. The van der Waals surface area contributed by atoms with E-state index in [1.54, 1.807) is 0 Å². The molecule has 2 heterocycles. The number of carboxylic acids is 1. The molecule has 56 valence electrons. The molecule has 0 aromatic rings. The average molecular weight is 141 g/mol. The van der Waals surface area contributed by atoms with E-state index in [9.17, 15) is 4.79 Å². The average Bonchev–Trinajstić information content (AvgIpc) is 2.44. The highest BCUT2D eigenvalue weighted by molar-refractivity contribution is 5.71. The molecule has 0 spiro atoms. The Balaban J connectivity index is 2.08. The lowest BCUT2D eigenvalue weighted by atomic mass is 9.89. The van der Waals surface area contributed by atoms with Crippen molar-refractivity contribution in [2.24, 2.45) is 5.92 Å². The smallest absolute Gasteiger partial charge is 0.308 e. The Kier molecular flexibility index (Phi) is 1.20. The molecule has 3 heteroatoms. The van der Waals surface area contributed by atoms with Crippen molar-refractivity contribution in [2.75, 3.05) is 0 Å². The van der Waals surface area contributed by atoms with Crippen molar-refractivity contribution in [2.45, 2.75) is 31.3 Å². The minimum Gasteiger partial charge on any atom is -0.481 e. The molecule has 0 radical (unpaired) electrons. The SMILES string of the molecule is O=C(O)C1CC2CCC1N2. The number of carbonyl (C=O) groups is 1. The van der Waals surface area contributed by atoms with Gasteiger partial charge in [0.05, 0.1) is 5.92 Å². The summed E-state index contributed by atoms with van der Waals surface area (Å²) in [6.45, 7) is 0. The number of nitrogens with one attached hydrogen (secondary N) is 1. The standard InChI is InChI=1S/C7H11NO2/c9-7(10)5-3-4-1-2-6(5)8-4/h4-6,8H,1-3H2,(H,9,10). The molecule has 0 saturated carbocycles. The maximum atomic E-state index is 10.6. The topological polar surface area (TPSA) is 49.3 Å². The fraction of sp³-hybridized carbons (Fsp3) is 0.857. The molecule has 3 unspecified atom stereocenters. The van der Waals surface area contributed by atoms with Gasteiger partial charge in [-0.25, -0.2) is 0 Å². The Morgan fingerprint density at radius 3 is 2.60 bits per heavy atom. The van der Waals surface area contributed by atoms with Gasteiger partial charge < -0.3 is 10.4 Å². The van der Waals surface area contributed by atoms with Gasteiger partial charge in [-0.05, 0) is 19.3 Å². The van der Waals surface area contributed by atoms with Crippen molar-refractivity contribution >= 4 is 5.97 Å². The van der Waals surface area contributed by atoms with E-state index in [0.29, 0.717) is 6.04 Å². The molecule has 2 fully saturated rings. The van der Waals surface area contributed by atoms with Crippen LogP contribution in [0.2, 0.25) is 0 Å². The van der Waals surface area contributed by atoms with Crippen molar-refractivity contribution < 1.29 is 9.90 Å². The summed E-state index contributed by atoms with van der Waals surface area (Å²) in [5, 5.41) is 12.0. The Hall–Kier alpha value is -0.570. The number of hydrogen-bond donors (Lipinski definition) is 2. The molecule has 0 aromatic heterocycles. The van der Waals surface area contributed by atoms with Crippen LogP contribution in [-0.2, 0) is 4.79 Å². The summed E-state index contributed by atoms with van der Waals surface area (Å²) in [6.07, 6.45) is 3.08. The molecule has 10 heavy (non-hydrogen) atoms. The van der Waals surface area contributed by atoms with Gasteiger partial charge >= 0.3 is 5.97 Å². The molecule has 2 aliphatic rings. The molecule has 3 atom stereocenters. The Morgan fingerprint density at radius 2 is 2.30 bits per heavy atom. The van der Waals surface area contributed by atoms with Crippen LogP contribution in [0, 0.1) is 5.92 Å². The van der Waals surface area contributed by atoms with Crippen molar-refractivity contribution in [1.29, 1.82) is 0 Å². The monoisotopic (exact) mass is 141 g/mol. The van der Waals surface area contributed by atoms with Gasteiger partial charge in [0.2, 0.25) is 0 Å². The second-order valence-electron chi connectivity index (χ2n) is 3.23. The number of rotatable bonds is 1. The third kappa shape index (κ3) is 0.736. The second kappa shape index (κ2) is 1.95. The molecule has 0 aromatic carbocycles. The quantitative estimate of drug-likeness (QED) is 0.549. The lowest BCUT2D eigenvalue weighted by Gasteiger charge is -2.14. The van der Waals surface area contributed by atoms with Crippen molar-refractivity contribution in [3.05, 3.63) is 0 Å². The largest absolute Gasteiger partial charge is 0.481 e. The molecule has 2 N–H and O–H groups in total. The molecular weight excluding hydrogens is 130 g/mol. The highest BCUT2D eigenvalue weighted by Crippen LogP contribution is 2.32. The molecule has 2 bridgehead atoms. The normalized spacial score (nSPS) is 44.2. The van der Waals surface area contributed by atoms with Gasteiger partial charge in [-0.1, -0.05) is 0 Å². The highest BCUT2D eigenvalue weighted by Gasteiger charge is 2.42. The van der Waals surface area contributed by atoms with E-state index in [2.05, 4.69) is 5.32 Å². The van der Waals surface area contributed by atoms with E-state index >= 15 is 0 Å². The lowest BCUT2D eigenvalue weighted by molar-refractivity contribution is -0.142. The van der Waals surface area contributed by atoms with Crippen LogP contribution >= 0.6 is 0 Å². The Bertz CT molecular complexity index is 169. The minimum absolute atomic E-state index is 0.0984. The molecule has 0 aliphatic carbocycles. The van der Waals surface area contributed by atoms with E-state index in [-0.39, 0.29) is 12.0 Å². The van der Waals surface area contributed by atoms with Gasteiger partial charge in [0.15, 0.2) is 0 Å². The van der Waals surface area contributed by atoms with E-state index in [0.717, 1.165) is 12.8 Å². The third-order valence-electron chi connectivity index (χ3n) is 2.62. The zero-order valence-electron chi connectivity index (χ0n) is 5.71. The number of hydrogen-bond acceptors (Lipinski definition) is 2. The van der Waals surface area contributed by atoms with Crippen LogP contribution in [0.5, 0.6) is 0 Å². The van der Waals surface area contributed by atoms with Gasteiger partial charge in [0.1, 0.15) is 0 Å². The van der Waals surface area contributed by atoms with Crippen molar-refractivity contribution in [3.63, 3.8) is 0 Å². The Labute approximate surface area is 59.4 Å². The fourth-order valence-corrected chi connectivity index (χ4v) is 2.10. The van der Waals surface area contributed by atoms with Gasteiger partial charge in [-0.15, -0.1) is 0 Å². The molecule has 2 rings (SSSR count). The minimum atomic E-state index is -0.625. The van der Waals surface area contributed by atoms with E-state index in [1.165, 1.54) is 6.42 Å². The summed E-state index contributed by atoms with van der Waals surface area (Å²) in [4.78, 5) is 10.6. The second-order valence-corrected chi connectivity index (χ2v) is 3.23. The van der Waals surface area contributed by atoms with Gasteiger partial charge in [-0.2, -0.15) is 0 Å². The zero-order valence-corrected chi connectivity index (χ0v) is 5.71. The predicted molar refractivity (Wildman–Crippen MR) is 35.7 cm³/mol. The maximum absolute atomic E-state index is 10.6. The Morgan fingerprint density at radius 1 is 1.50 bits per heavy atom. The van der Waals surface area contributed by atoms with Crippen LogP contribution in [0.1, 0.15) is 19.3 Å². The maximum Gasteiger partial charge on any atom is 0.308 e. The van der Waals surface area contributed by atoms with Crippen LogP contribution in [0.4, 0.5) is 0 Å². The summed E-state index contributed by atoms with van der Waals surface area (Å²) in [5.41, 5.74) is 0. The van der Waals surface area contributed by atoms with Crippen molar-refractivity contribution in [1.82, 2.24) is 5.32 Å². The van der Waals surface area contributed by atoms with Crippen LogP contribution in [0.3, 0.4) is 0 Å². The summed E-state index contributed by atoms with van der Waals surface area (Å²) >= 11 is 0. The summed E-state index contributed by atoms with van der Waals surface area (Å²) < 4.78 is 0. The fourth-order valence-electron chi connectivity index (χ4n) is 2.10. The summed E-state index contributed by atoms with van der Waals surface area (Å²) in [7, 11) is 0. The number of carboxylic acid groups (broad SMARTS) is 1. The number of aliphatic carboxylic acids is 1. The van der Waals surface area contributed by atoms with E-state index < -0.39 is 5.97 Å². The van der Waals surface area contributed by atoms with Crippen LogP contribution < -0.4 is 5.32 Å². The first kappa shape index (κ1) is 6.16. The first-order valence-corrected chi connectivity index (χ1v) is 3.76. The summed E-state index contributed by atoms with van der Waals surface area (Å²) in [6, 6.07) is 0.786. The van der Waals surface area contributed by atoms with Gasteiger partial charge in [0, 0.05) is 12.1 Å². The number of fused-ring (bicyclic) bond motifs is 2. The summed E-state index contributed by atoms with van der Waals surface area (Å²) in [5.74, 6) is -0.724. The molecule has 0 amide bonds. The first-order valence-electron chi connectivity index (χ1n) is 3.76. The highest BCUT2D eigenvalue weighted by atomic mass is 16.4. The third-order valence-corrected chi connectivity index (χ3v) is 2.62. The van der Waals surface area contributed by atoms with Gasteiger partial charge in [0.25, 0.3) is 0 Å². The van der Waals surface area contributed by atoms with E-state index in [1.807, 2.05) is 0 Å². The van der Waals surface area contributed by atoms with E-state index in [4.69, 9.17) is 5.11 Å². The molecular formula is C7H11NO2. The predicted octanol–water partition coefficient (Wildman–Crippen LogP) is 0.212. The lowest BCUT2D eigenvalue weighted by Crippen LogP contribution is -2.28. The van der Waals surface area contributed by atoms with Crippen molar-refractivity contribution in [3.8, 4) is 0 Å². The molecule has 2 aliphatic heterocycles.